The van der Waals surface area contributed by atoms with Crippen LogP contribution in [-0.2, 0) is 31.5 Å². The molecular formula is C42H76IO26-. The molecule has 26 nitrogen and oxygen atoms in total. The molecule has 0 spiro atoms. The van der Waals surface area contributed by atoms with E-state index < -0.39 is 243 Å². The van der Waals surface area contributed by atoms with Gasteiger partial charge in [0.1, 0.15) is 6.10 Å². The molecule has 29 atom stereocenters. The first kappa shape index (κ1) is 59.6. The first-order valence-electron chi connectivity index (χ1n) is 23.1. The van der Waals surface area contributed by atoms with E-state index in [0.717, 1.165) is 0 Å². The summed E-state index contributed by atoms with van der Waals surface area (Å²) in [5.74, 6) is -13.2. The van der Waals surface area contributed by atoms with Crippen LogP contribution in [0.3, 0.4) is 0 Å². The fourth-order valence-electron chi connectivity index (χ4n) is 10.8. The van der Waals surface area contributed by atoms with Gasteiger partial charge in [-0.05, 0) is 13.3 Å². The summed E-state index contributed by atoms with van der Waals surface area (Å²) >= 11 is -0.977. The quantitative estimate of drug-likeness (QED) is 0.0229. The zero-order valence-corrected chi connectivity index (χ0v) is 41.0. The Morgan fingerprint density at radius 1 is 0.638 bits per heavy atom. The third-order valence-corrected chi connectivity index (χ3v) is 16.6. The molecule has 3 saturated carbocycles. The molecule has 2 aliphatic heterocycles. The predicted molar refractivity (Wildman–Crippen MR) is 221 cm³/mol. The molecule has 0 radical (unpaired) electrons. The maximum atomic E-state index is 11.9. The number of rotatable bonds is 25. The molecule has 69 heavy (non-hydrogen) atoms. The monoisotopic (exact) mass is 1120 g/mol. The van der Waals surface area contributed by atoms with Gasteiger partial charge in [0.15, 0.2) is 12.1 Å². The number of ether oxygens (including phenoxy) is 6. The van der Waals surface area contributed by atoms with Gasteiger partial charge in [0.25, 0.3) is 0 Å². The summed E-state index contributed by atoms with van der Waals surface area (Å²) in [6.07, 6.45) is -38.2. The van der Waals surface area contributed by atoms with Crippen LogP contribution in [-0.4, -0.2) is 275 Å². The number of hydrogen-bond acceptors (Lipinski definition) is 26. The first-order chi connectivity index (χ1) is 32.4. The average Bonchev–Trinajstić information content (AvgIpc) is 3.80. The van der Waals surface area contributed by atoms with E-state index in [-0.39, 0.29) is 0 Å². The van der Waals surface area contributed by atoms with Crippen molar-refractivity contribution in [3.8, 4) is 0 Å². The van der Waals surface area contributed by atoms with E-state index in [1.165, 1.54) is 13.8 Å². The molecule has 5 rings (SSSR count). The van der Waals surface area contributed by atoms with Crippen molar-refractivity contribution in [1.82, 2.24) is 0 Å². The van der Waals surface area contributed by atoms with Crippen molar-refractivity contribution in [1.29, 1.82) is 0 Å². The van der Waals surface area contributed by atoms with Crippen molar-refractivity contribution >= 4 is 0 Å². The van der Waals surface area contributed by atoms with Crippen LogP contribution in [0.4, 0.5) is 0 Å². The van der Waals surface area contributed by atoms with Gasteiger partial charge in [-0.15, -0.1) is 0 Å². The molecule has 0 aromatic carbocycles. The smallest absolute Gasteiger partial charge is 0.396 e. The molecule has 2 saturated heterocycles. The van der Waals surface area contributed by atoms with Crippen molar-refractivity contribution in [3.63, 3.8) is 0 Å². The Morgan fingerprint density at radius 3 is 1.77 bits per heavy atom. The Morgan fingerprint density at radius 2 is 1.22 bits per heavy atom. The first-order valence-corrected chi connectivity index (χ1v) is 26.2. The standard InChI is InChI=1S/C42H76IO26/c1-6-13(2)63-33-19(24(51)15(10-46)26(33)53)36(58)42(62)22-14(9-45)23(50)20(32(22)68-42)38(60)65-31-16(11-47)25(52)29(56)21(31)39(61)66-35-30(57)28(55)18(12-48)64-40(35)67-34(27(54)17(49)7-8-44)37(59)41(3,4)69-43-5/h13-40,44-62H,6-12H2,1-5H3/q-1/t13?,14?,15?,16?,17-,18?,19?,20?,21?,22?,23?,24?,25-,26?,27?,28?,29?,30?,31?,32?,33?,34?,35?,36+,37+,38?,39?,40?,42?/m1/s1. The van der Waals surface area contributed by atoms with E-state index in [0.29, 0.717) is 6.42 Å². The second-order valence-electron chi connectivity index (χ2n) is 19.5. The van der Waals surface area contributed by atoms with Crippen molar-refractivity contribution in [2.24, 2.45) is 41.4 Å². The molecule has 27 heteroatoms. The summed E-state index contributed by atoms with van der Waals surface area (Å²) in [4.78, 5) is 1.71. The van der Waals surface area contributed by atoms with Crippen LogP contribution in [0.5, 0.6) is 0 Å². The SMILES string of the molecule is CCC(C)OC1C(O)C(CO)C(O)C1[C@H](O)C1(O)OC2C(C(O)OC3C(C(O)OC4C(OC(C(O)[C@H](O)CCO)[C@H](O)C(C)(C)O[I-]C)OC(CO)C(O)C4O)C(O)[C@H](O)C3CO)C(O)C(CO)C21. The van der Waals surface area contributed by atoms with Crippen LogP contribution < -0.4 is 21.6 Å². The molecule has 0 amide bonds. The van der Waals surface area contributed by atoms with E-state index in [2.05, 4.69) is 0 Å². The Hall–Kier alpha value is -0.310. The number of halogens is 1. The van der Waals surface area contributed by atoms with Crippen LogP contribution in [0.2, 0.25) is 0 Å². The van der Waals surface area contributed by atoms with Crippen LogP contribution >= 0.6 is 0 Å². The second-order valence-corrected chi connectivity index (χ2v) is 20.8. The fourth-order valence-corrected chi connectivity index (χ4v) is 12.2. The zero-order valence-electron chi connectivity index (χ0n) is 38.8. The van der Waals surface area contributed by atoms with Crippen LogP contribution in [0.1, 0.15) is 40.5 Å². The van der Waals surface area contributed by atoms with E-state index in [1.54, 1.807) is 18.8 Å². The number of hydrogen-bond donors (Lipinski definition) is 19. The third-order valence-electron chi connectivity index (χ3n) is 15.0. The molecule has 0 bridgehead atoms. The second kappa shape index (κ2) is 24.6. The molecule has 25 unspecified atom stereocenters. The molecule has 0 aromatic rings. The van der Waals surface area contributed by atoms with E-state index in [4.69, 9.17) is 31.5 Å². The van der Waals surface area contributed by atoms with Crippen molar-refractivity contribution in [2.75, 3.05) is 38.0 Å². The third kappa shape index (κ3) is 11.5. The fraction of sp³-hybridized carbons (Fsp3) is 1.00. The van der Waals surface area contributed by atoms with Gasteiger partial charge in [-0.25, -0.2) is 0 Å². The van der Waals surface area contributed by atoms with Gasteiger partial charge in [0, 0.05) is 30.3 Å². The summed E-state index contributed by atoms with van der Waals surface area (Å²) in [5, 5.41) is 209. The summed E-state index contributed by atoms with van der Waals surface area (Å²) in [7, 11) is 0. The number of fused-ring (bicyclic) bond motifs is 1. The summed E-state index contributed by atoms with van der Waals surface area (Å²) in [5.41, 5.74) is -1.48. The van der Waals surface area contributed by atoms with Gasteiger partial charge in [-0.3, -0.25) is 0 Å². The molecule has 3 aliphatic carbocycles. The summed E-state index contributed by atoms with van der Waals surface area (Å²) in [6.45, 7) is 2.17. The predicted octanol–water partition coefficient (Wildman–Crippen LogP) is -12.1. The normalized spacial score (nSPS) is 45.1. The maximum absolute atomic E-state index is 11.9. The summed E-state index contributed by atoms with van der Waals surface area (Å²) in [6, 6.07) is 0. The number of aliphatic hydroxyl groups is 19. The molecule has 19 N–H and O–H groups in total. The topological polar surface area (TPSA) is 449 Å². The van der Waals surface area contributed by atoms with E-state index in [1.807, 2.05) is 0 Å². The van der Waals surface area contributed by atoms with Crippen molar-refractivity contribution < 1.29 is 150 Å². The van der Waals surface area contributed by atoms with Gasteiger partial charge in [-0.1, -0.05) is 6.92 Å². The van der Waals surface area contributed by atoms with Gasteiger partial charge < -0.3 is 60.5 Å². The van der Waals surface area contributed by atoms with Crippen LogP contribution in [0, 0.1) is 41.4 Å². The zero-order chi connectivity index (χ0) is 51.8. The van der Waals surface area contributed by atoms with Gasteiger partial charge in [-0.2, -0.15) is 0 Å². The molecule has 408 valence electrons. The van der Waals surface area contributed by atoms with E-state index >= 15 is 0 Å². The van der Waals surface area contributed by atoms with Gasteiger partial charge >= 0.3 is 225 Å². The Labute approximate surface area is 408 Å². The minimum Gasteiger partial charge on any atom is -0.396 e. The van der Waals surface area contributed by atoms with Gasteiger partial charge in [0.2, 0.25) is 0 Å². The van der Waals surface area contributed by atoms with E-state index in [9.17, 15) is 97.0 Å². The number of aliphatic hydroxyl groups excluding tert-OH is 18. The van der Waals surface area contributed by atoms with Crippen LogP contribution in [0.25, 0.3) is 0 Å². The molecule has 0 aromatic heterocycles. The minimum absolute atomic E-state index is 0.410. The molecule has 2 heterocycles. The van der Waals surface area contributed by atoms with Gasteiger partial charge in [0.05, 0.1) is 55.8 Å². The van der Waals surface area contributed by atoms with Crippen LogP contribution in [0.15, 0.2) is 0 Å². The molecular weight excluding hydrogens is 1050 g/mol. The number of alkyl halides is 1. The Kier molecular flexibility index (Phi) is 21.2. The Balaban J connectivity index is 1.41. The molecule has 5 aliphatic rings. The summed E-state index contributed by atoms with van der Waals surface area (Å²) < 4.78 is 40.8. The van der Waals surface area contributed by atoms with Crippen molar-refractivity contribution in [2.45, 2.75) is 181 Å². The Bertz CT molecular complexity index is 1580. The molecule has 5 fully saturated rings. The minimum atomic E-state index is -2.68. The van der Waals surface area contributed by atoms with Crippen molar-refractivity contribution in [3.05, 3.63) is 0 Å². The average molecular weight is 1120 g/mol.